The van der Waals surface area contributed by atoms with E-state index in [0.29, 0.717) is 5.17 Å². The molecular formula is C8H4Cl2N2S. The second-order valence-corrected chi connectivity index (χ2v) is 4.96. The Hall–Kier alpha value is -0.380. The maximum absolute atomic E-state index is 6.11. The summed E-state index contributed by atoms with van der Waals surface area (Å²) in [5, 5.41) is 0.426. The zero-order valence-electron chi connectivity index (χ0n) is 6.42. The zero-order valence-corrected chi connectivity index (χ0v) is 8.75. The summed E-state index contributed by atoms with van der Waals surface area (Å²) in [4.78, 5) is 8.89. The molecule has 4 rings (SSSR count). The Labute approximate surface area is 88.9 Å². The van der Waals surface area contributed by atoms with Gasteiger partial charge >= 0.3 is 0 Å². The molecule has 0 amide bonds. The molecule has 0 aromatic carbocycles. The van der Waals surface area contributed by atoms with Gasteiger partial charge < -0.3 is 0 Å². The lowest BCUT2D eigenvalue weighted by Gasteiger charge is -2.27. The van der Waals surface area contributed by atoms with E-state index in [2.05, 4.69) is 9.98 Å². The molecule has 0 N–H and O–H groups in total. The van der Waals surface area contributed by atoms with Crippen LogP contribution < -0.4 is 0 Å². The molecule has 0 saturated carbocycles. The molecule has 2 nitrogen and oxygen atoms in total. The van der Waals surface area contributed by atoms with E-state index in [1.807, 2.05) is 6.08 Å². The molecule has 1 unspecified atom stereocenters. The van der Waals surface area contributed by atoms with Crippen molar-refractivity contribution in [3.8, 4) is 0 Å². The first-order valence-corrected chi connectivity index (χ1v) is 5.42. The molecule has 1 aromatic heterocycles. The number of thiazole rings is 1. The van der Waals surface area contributed by atoms with Crippen molar-refractivity contribution in [2.45, 2.75) is 11.4 Å². The molecule has 1 atom stereocenters. The fourth-order valence-corrected chi connectivity index (χ4v) is 3.12. The van der Waals surface area contributed by atoms with E-state index in [1.165, 1.54) is 5.57 Å². The van der Waals surface area contributed by atoms with Gasteiger partial charge in [0.1, 0.15) is 5.69 Å². The van der Waals surface area contributed by atoms with Gasteiger partial charge in [0, 0.05) is 6.42 Å². The van der Waals surface area contributed by atoms with Crippen LogP contribution in [0.3, 0.4) is 0 Å². The van der Waals surface area contributed by atoms with Crippen LogP contribution >= 0.6 is 34.5 Å². The summed E-state index contributed by atoms with van der Waals surface area (Å²) >= 11 is 13.7. The van der Waals surface area contributed by atoms with Gasteiger partial charge in [0.2, 0.25) is 0 Å². The molecule has 3 heterocycles. The van der Waals surface area contributed by atoms with Crippen LogP contribution in [0.5, 0.6) is 0 Å². The predicted octanol–water partition coefficient (Wildman–Crippen LogP) is 2.86. The second kappa shape index (κ2) is 2.35. The Kier molecular flexibility index (Phi) is 1.44. The van der Waals surface area contributed by atoms with Crippen LogP contribution in [0.4, 0.5) is 0 Å². The molecule has 66 valence electrons. The van der Waals surface area contributed by atoms with Crippen LogP contribution in [0.15, 0.2) is 16.6 Å². The molecule has 0 fully saturated rings. The molecule has 5 heteroatoms. The number of alkyl halides is 1. The molecule has 1 aromatic rings. The highest BCUT2D eigenvalue weighted by Gasteiger charge is 2.40. The minimum atomic E-state index is -0.590. The lowest BCUT2D eigenvalue weighted by atomic mass is 9.92. The van der Waals surface area contributed by atoms with E-state index in [4.69, 9.17) is 23.2 Å². The van der Waals surface area contributed by atoms with Crippen LogP contribution in [-0.2, 0) is 0 Å². The highest BCUT2D eigenvalue weighted by Crippen LogP contribution is 2.48. The van der Waals surface area contributed by atoms with Gasteiger partial charge in [0.25, 0.3) is 0 Å². The highest BCUT2D eigenvalue weighted by molar-refractivity contribution is 7.11. The van der Waals surface area contributed by atoms with Gasteiger partial charge in [-0.25, -0.2) is 9.98 Å². The van der Waals surface area contributed by atoms with E-state index in [-0.39, 0.29) is 0 Å². The van der Waals surface area contributed by atoms with Gasteiger partial charge in [-0.15, -0.1) is 11.3 Å². The van der Waals surface area contributed by atoms with E-state index in [1.54, 1.807) is 16.8 Å². The van der Waals surface area contributed by atoms with E-state index in [9.17, 15) is 0 Å². The van der Waals surface area contributed by atoms with Crippen LogP contribution in [0.1, 0.15) is 17.0 Å². The third-order valence-electron chi connectivity index (χ3n) is 2.17. The van der Waals surface area contributed by atoms with Crippen molar-refractivity contribution < 1.29 is 0 Å². The third-order valence-corrected chi connectivity index (χ3v) is 3.67. The summed E-state index contributed by atoms with van der Waals surface area (Å²) in [7, 11) is 0. The zero-order chi connectivity index (χ0) is 9.05. The minimum absolute atomic E-state index is 0.426. The molecule has 1 aliphatic carbocycles. The van der Waals surface area contributed by atoms with Crippen LogP contribution in [0.2, 0.25) is 0 Å². The normalized spacial score (nSPS) is 29.7. The largest absolute Gasteiger partial charge is 0.243 e. The fraction of sp³-hybridized carbons (Fsp3) is 0.250. The molecule has 13 heavy (non-hydrogen) atoms. The molecule has 2 bridgehead atoms. The Morgan fingerprint density at radius 2 is 2.31 bits per heavy atom. The van der Waals surface area contributed by atoms with Gasteiger partial charge in [0.15, 0.2) is 10.2 Å². The summed E-state index contributed by atoms with van der Waals surface area (Å²) < 4.78 is 0. The van der Waals surface area contributed by atoms with E-state index >= 15 is 0 Å². The Morgan fingerprint density at radius 3 is 3.08 bits per heavy atom. The first kappa shape index (κ1) is 7.97. The Bertz CT molecular complexity index is 438. The lowest BCUT2D eigenvalue weighted by Crippen LogP contribution is -2.23. The summed E-state index contributed by atoms with van der Waals surface area (Å²) in [6.07, 6.45) is 2.71. The van der Waals surface area contributed by atoms with Crippen molar-refractivity contribution in [3.05, 3.63) is 22.2 Å². The van der Waals surface area contributed by atoms with Gasteiger partial charge in [-0.2, -0.15) is 0 Å². The number of aromatic nitrogens is 1. The maximum Gasteiger partial charge on any atom is 0.158 e. The van der Waals surface area contributed by atoms with Gasteiger partial charge in [-0.1, -0.05) is 23.2 Å². The van der Waals surface area contributed by atoms with Crippen molar-refractivity contribution >= 4 is 45.3 Å². The number of hydrogen-bond donors (Lipinski definition) is 0. The lowest BCUT2D eigenvalue weighted by molar-refractivity contribution is 0.721. The first-order valence-electron chi connectivity index (χ1n) is 3.78. The fourth-order valence-electron chi connectivity index (χ4n) is 1.56. The number of aliphatic imine (C=N–C) groups is 1. The van der Waals surface area contributed by atoms with Crippen molar-refractivity contribution in [2.75, 3.05) is 0 Å². The van der Waals surface area contributed by atoms with Crippen LogP contribution in [0.25, 0.3) is 5.57 Å². The molecular weight excluding hydrogens is 227 g/mol. The Balaban J connectivity index is 2.30. The molecule has 0 spiro atoms. The molecule has 3 aliphatic rings. The summed E-state index contributed by atoms with van der Waals surface area (Å²) in [5.74, 6) is 0. The van der Waals surface area contributed by atoms with Crippen molar-refractivity contribution in [2.24, 2.45) is 4.99 Å². The summed E-state index contributed by atoms with van der Waals surface area (Å²) in [5.41, 5.74) is 3.77. The number of halogens is 2. The maximum atomic E-state index is 6.11. The molecule has 0 radical (unpaired) electrons. The second-order valence-electron chi connectivity index (χ2n) is 3.10. The average Bonchev–Trinajstić information content (AvgIpc) is 2.41. The average molecular weight is 231 g/mol. The quantitative estimate of drug-likeness (QED) is 0.497. The third kappa shape index (κ3) is 1.01. The molecule has 2 aliphatic heterocycles. The minimum Gasteiger partial charge on any atom is -0.243 e. The highest BCUT2D eigenvalue weighted by atomic mass is 35.5. The van der Waals surface area contributed by atoms with Crippen molar-refractivity contribution in [3.63, 3.8) is 0 Å². The first-order chi connectivity index (χ1) is 6.18. The van der Waals surface area contributed by atoms with E-state index in [0.717, 1.165) is 17.0 Å². The number of rotatable bonds is 0. The van der Waals surface area contributed by atoms with Crippen LogP contribution in [-0.4, -0.2) is 15.2 Å². The SMILES string of the molecule is ClC1=NC2(Cl)C=C(C2)c2scnc21. The van der Waals surface area contributed by atoms with Gasteiger partial charge in [-0.05, 0) is 11.6 Å². The van der Waals surface area contributed by atoms with Crippen molar-refractivity contribution in [1.29, 1.82) is 0 Å². The number of hydrogen-bond acceptors (Lipinski definition) is 3. The van der Waals surface area contributed by atoms with Crippen LogP contribution in [0, 0.1) is 0 Å². The van der Waals surface area contributed by atoms with Gasteiger partial charge in [0.05, 0.1) is 10.4 Å². The van der Waals surface area contributed by atoms with Crippen molar-refractivity contribution in [1.82, 2.24) is 4.98 Å². The topological polar surface area (TPSA) is 25.2 Å². The number of nitrogens with zero attached hydrogens (tertiary/aromatic N) is 2. The summed E-state index contributed by atoms with van der Waals surface area (Å²) in [6.45, 7) is 0. The smallest absolute Gasteiger partial charge is 0.158 e. The van der Waals surface area contributed by atoms with E-state index < -0.39 is 5.00 Å². The standard InChI is InChI=1S/C8H4Cl2N2S/c9-7-5-6(13-3-11-5)4-1-8(10,2-4)12-7/h1,3H,2H2. The predicted molar refractivity (Wildman–Crippen MR) is 55.7 cm³/mol. The summed E-state index contributed by atoms with van der Waals surface area (Å²) in [6, 6.07) is 0. The molecule has 0 saturated heterocycles. The van der Waals surface area contributed by atoms with Gasteiger partial charge in [-0.3, -0.25) is 0 Å². The monoisotopic (exact) mass is 230 g/mol. The Morgan fingerprint density at radius 1 is 1.54 bits per heavy atom.